The summed E-state index contributed by atoms with van der Waals surface area (Å²) in [5.74, 6) is 0. The summed E-state index contributed by atoms with van der Waals surface area (Å²) in [5.41, 5.74) is 1.78. The Labute approximate surface area is 147 Å². The van der Waals surface area contributed by atoms with E-state index in [1.165, 1.54) is 12.3 Å². The zero-order chi connectivity index (χ0) is 16.8. The lowest BCUT2D eigenvalue weighted by Crippen LogP contribution is -2.13. The van der Waals surface area contributed by atoms with Crippen LogP contribution < -0.4 is 0 Å². The number of hydrogen-bond donors (Lipinski definition) is 0. The van der Waals surface area contributed by atoms with E-state index in [9.17, 15) is 8.42 Å². The average Bonchev–Trinajstić information content (AvgIpc) is 2.78. The molecule has 0 radical (unpaired) electrons. The van der Waals surface area contributed by atoms with Crippen molar-refractivity contribution in [2.45, 2.75) is 11.8 Å². The summed E-state index contributed by atoms with van der Waals surface area (Å²) in [7, 11) is -3.86. The van der Waals surface area contributed by atoms with Crippen LogP contribution in [0.3, 0.4) is 0 Å². The van der Waals surface area contributed by atoms with E-state index < -0.39 is 10.0 Å². The Bertz CT molecular complexity index is 1020. The third kappa shape index (κ3) is 2.60. The number of benzene rings is 1. The van der Waals surface area contributed by atoms with Gasteiger partial charge in [0, 0.05) is 21.6 Å². The van der Waals surface area contributed by atoms with E-state index in [0.29, 0.717) is 10.9 Å². The number of aryl methyl sites for hydroxylation is 1. The van der Waals surface area contributed by atoms with Crippen LogP contribution in [0.1, 0.15) is 11.1 Å². The second-order valence-corrected chi connectivity index (χ2v) is 8.08. The van der Waals surface area contributed by atoms with Crippen molar-refractivity contribution < 1.29 is 8.42 Å². The monoisotopic (exact) mass is 410 g/mol. The van der Waals surface area contributed by atoms with Gasteiger partial charge in [-0.25, -0.2) is 17.4 Å². The molecule has 0 saturated heterocycles. The average molecular weight is 412 g/mol. The quantitative estimate of drug-likeness (QED) is 0.631. The van der Waals surface area contributed by atoms with E-state index in [1.54, 1.807) is 30.3 Å². The lowest BCUT2D eigenvalue weighted by molar-refractivity contribution is 0.589. The Morgan fingerprint density at radius 3 is 2.57 bits per heavy atom. The highest BCUT2D eigenvalue weighted by atomic mass is 79.9. The summed E-state index contributed by atoms with van der Waals surface area (Å²) in [6, 6.07) is 8.36. The molecule has 4 nitrogen and oxygen atoms in total. The van der Waals surface area contributed by atoms with Gasteiger partial charge in [-0.1, -0.05) is 42.0 Å². The van der Waals surface area contributed by atoms with Crippen molar-refractivity contribution in [1.29, 1.82) is 0 Å². The highest BCUT2D eigenvalue weighted by Gasteiger charge is 2.26. The zero-order valence-corrected chi connectivity index (χ0v) is 15.3. The second kappa shape index (κ2) is 5.78. The van der Waals surface area contributed by atoms with Gasteiger partial charge < -0.3 is 0 Å². The van der Waals surface area contributed by atoms with E-state index in [2.05, 4.69) is 27.5 Å². The minimum Gasteiger partial charge on any atom is -0.236 e. The van der Waals surface area contributed by atoms with Gasteiger partial charge in [-0.3, -0.25) is 0 Å². The maximum atomic E-state index is 13.0. The summed E-state index contributed by atoms with van der Waals surface area (Å²) < 4.78 is 27.8. The Kier molecular flexibility index (Phi) is 4.08. The Morgan fingerprint density at radius 1 is 1.30 bits per heavy atom. The maximum absolute atomic E-state index is 13.0. The number of hydrogen-bond acceptors (Lipinski definition) is 3. The van der Waals surface area contributed by atoms with Crippen LogP contribution in [0.15, 0.2) is 52.5 Å². The molecule has 0 bridgehead atoms. The molecule has 0 atom stereocenters. The summed E-state index contributed by atoms with van der Waals surface area (Å²) in [4.78, 5) is 4.38. The number of pyridine rings is 1. The summed E-state index contributed by atoms with van der Waals surface area (Å²) in [6.45, 7) is 5.61. The van der Waals surface area contributed by atoms with Crippen molar-refractivity contribution in [1.82, 2.24) is 8.96 Å². The van der Waals surface area contributed by atoms with Gasteiger partial charge in [0.25, 0.3) is 10.0 Å². The molecule has 3 aromatic rings. The molecule has 0 unspecified atom stereocenters. The molecule has 2 heterocycles. The third-order valence-electron chi connectivity index (χ3n) is 3.48. The molecule has 0 aliphatic rings. The van der Waals surface area contributed by atoms with Crippen molar-refractivity contribution in [2.24, 2.45) is 0 Å². The van der Waals surface area contributed by atoms with Crippen LogP contribution in [0.4, 0.5) is 0 Å². The topological polar surface area (TPSA) is 52.0 Å². The Balaban J connectivity index is 2.38. The van der Waals surface area contributed by atoms with Gasteiger partial charge in [0.2, 0.25) is 0 Å². The van der Waals surface area contributed by atoms with Crippen LogP contribution in [0.5, 0.6) is 0 Å². The largest absolute Gasteiger partial charge is 0.270 e. The summed E-state index contributed by atoms with van der Waals surface area (Å²) in [5, 5.41) is 0.691. The molecule has 0 aliphatic carbocycles. The predicted octanol–water partition coefficient (Wildman–Crippen LogP) is 4.64. The van der Waals surface area contributed by atoms with Crippen molar-refractivity contribution in [3.05, 3.63) is 63.9 Å². The van der Waals surface area contributed by atoms with Crippen molar-refractivity contribution in [3.8, 4) is 0 Å². The predicted molar refractivity (Wildman–Crippen MR) is 96.3 cm³/mol. The maximum Gasteiger partial charge on any atom is 0.270 e. The molecular formula is C16H12BrClN2O2S. The molecule has 0 fully saturated rings. The summed E-state index contributed by atoms with van der Waals surface area (Å²) >= 11 is 9.66. The minimum absolute atomic E-state index is 0.0705. The van der Waals surface area contributed by atoms with Gasteiger partial charge in [-0.15, -0.1) is 0 Å². The first-order valence-electron chi connectivity index (χ1n) is 6.66. The van der Waals surface area contributed by atoms with Crippen molar-refractivity contribution in [3.63, 3.8) is 0 Å². The van der Waals surface area contributed by atoms with Gasteiger partial charge in [0.05, 0.1) is 4.90 Å². The molecule has 0 aliphatic heterocycles. The SMILES string of the molecule is C=Cc1c(Cl)n(S(=O)(=O)c2ccc(C)cc2)c2ncc(Br)cc12. The number of halogens is 2. The summed E-state index contributed by atoms with van der Waals surface area (Å²) in [6.07, 6.45) is 3.06. The molecule has 3 rings (SSSR count). The van der Waals surface area contributed by atoms with Crippen molar-refractivity contribution in [2.75, 3.05) is 0 Å². The van der Waals surface area contributed by atoms with E-state index in [0.717, 1.165) is 14.0 Å². The lowest BCUT2D eigenvalue weighted by atomic mass is 10.2. The van der Waals surface area contributed by atoms with E-state index in [1.807, 2.05) is 6.92 Å². The van der Waals surface area contributed by atoms with Crippen molar-refractivity contribution >= 4 is 54.7 Å². The highest BCUT2D eigenvalue weighted by Crippen LogP contribution is 2.34. The molecule has 7 heteroatoms. The van der Waals surface area contributed by atoms with Crippen LogP contribution in [0.25, 0.3) is 17.1 Å². The van der Waals surface area contributed by atoms with Gasteiger partial charge in [-0.05, 0) is 41.1 Å². The highest BCUT2D eigenvalue weighted by molar-refractivity contribution is 9.10. The fourth-order valence-corrected chi connectivity index (χ4v) is 4.57. The first-order valence-corrected chi connectivity index (χ1v) is 9.27. The van der Waals surface area contributed by atoms with Crippen LogP contribution in [-0.4, -0.2) is 17.4 Å². The lowest BCUT2D eigenvalue weighted by Gasteiger charge is -2.08. The molecule has 0 spiro atoms. The van der Waals surface area contributed by atoms with Crippen LogP contribution >= 0.6 is 27.5 Å². The first kappa shape index (κ1) is 16.2. The molecular weight excluding hydrogens is 400 g/mol. The van der Waals surface area contributed by atoms with Crippen LogP contribution in [-0.2, 0) is 10.0 Å². The van der Waals surface area contributed by atoms with E-state index in [4.69, 9.17) is 11.6 Å². The fraction of sp³-hybridized carbons (Fsp3) is 0.0625. The second-order valence-electron chi connectivity index (χ2n) is 5.02. The Morgan fingerprint density at radius 2 is 1.96 bits per heavy atom. The molecule has 0 N–H and O–H groups in total. The van der Waals surface area contributed by atoms with Crippen LogP contribution in [0.2, 0.25) is 5.15 Å². The van der Waals surface area contributed by atoms with E-state index >= 15 is 0 Å². The molecule has 1 aromatic carbocycles. The minimum atomic E-state index is -3.86. The number of rotatable bonds is 3. The van der Waals surface area contributed by atoms with Gasteiger partial charge in [-0.2, -0.15) is 0 Å². The number of nitrogens with zero attached hydrogens (tertiary/aromatic N) is 2. The molecule has 0 saturated carbocycles. The number of fused-ring (bicyclic) bond motifs is 1. The number of aromatic nitrogens is 2. The van der Waals surface area contributed by atoms with Gasteiger partial charge >= 0.3 is 0 Å². The molecule has 0 amide bonds. The van der Waals surface area contributed by atoms with Gasteiger partial charge in [0.15, 0.2) is 5.65 Å². The smallest absolute Gasteiger partial charge is 0.236 e. The Hall–Kier alpha value is -1.63. The molecule has 2 aromatic heterocycles. The first-order chi connectivity index (χ1) is 10.9. The van der Waals surface area contributed by atoms with Gasteiger partial charge in [0.1, 0.15) is 5.15 Å². The molecule has 23 heavy (non-hydrogen) atoms. The fourth-order valence-electron chi connectivity index (χ4n) is 2.33. The van der Waals surface area contributed by atoms with E-state index in [-0.39, 0.29) is 15.7 Å². The van der Waals surface area contributed by atoms with Crippen LogP contribution in [0, 0.1) is 6.92 Å². The third-order valence-corrected chi connectivity index (χ3v) is 6.09. The molecule has 118 valence electrons. The normalized spacial score (nSPS) is 11.8. The zero-order valence-electron chi connectivity index (χ0n) is 12.1. The standard InChI is InChI=1S/C16H12BrClN2O2S/c1-3-13-14-8-11(17)9-19-16(14)20(15(13)18)23(21,22)12-6-4-10(2)5-7-12/h3-9H,1H2,2H3.